The minimum Gasteiger partial charge on any atom is -0.331 e. The number of hydrogen-bond donors (Lipinski definition) is 0. The Morgan fingerprint density at radius 3 is 2.35 bits per heavy atom. The van der Waals surface area contributed by atoms with E-state index in [1.165, 1.54) is 31.4 Å². The molecule has 4 heteroatoms. The van der Waals surface area contributed by atoms with Gasteiger partial charge in [0.1, 0.15) is 18.8 Å². The fraction of sp³-hybridized carbons (Fsp3) is 0.632. The second-order valence-electron chi connectivity index (χ2n) is 7.03. The minimum absolute atomic E-state index is 0.327. The first-order valence-electron chi connectivity index (χ1n) is 9.06. The normalized spacial score (nSPS) is 21.6. The van der Waals surface area contributed by atoms with Crippen molar-refractivity contribution in [2.45, 2.75) is 51.5 Å². The highest BCUT2D eigenvalue weighted by Gasteiger charge is 2.43. The molecule has 1 aliphatic carbocycles. The molecule has 2 aliphatic rings. The zero-order valence-electron chi connectivity index (χ0n) is 14.1. The van der Waals surface area contributed by atoms with Crippen LogP contribution in [0.2, 0.25) is 5.02 Å². The first kappa shape index (κ1) is 16.8. The van der Waals surface area contributed by atoms with Gasteiger partial charge in [-0.3, -0.25) is 9.28 Å². The van der Waals surface area contributed by atoms with Crippen molar-refractivity contribution in [2.75, 3.05) is 26.2 Å². The average Bonchev–Trinajstić information content (AvgIpc) is 3.11. The van der Waals surface area contributed by atoms with Crippen molar-refractivity contribution in [3.63, 3.8) is 0 Å². The smallest absolute Gasteiger partial charge is 0.222 e. The van der Waals surface area contributed by atoms with Crippen molar-refractivity contribution in [3.8, 4) is 0 Å². The lowest BCUT2D eigenvalue weighted by Gasteiger charge is -2.48. The number of quaternary nitrogens is 1. The van der Waals surface area contributed by atoms with E-state index in [-0.39, 0.29) is 0 Å². The molecule has 0 unspecified atom stereocenters. The number of benzene rings is 1. The van der Waals surface area contributed by atoms with E-state index in [9.17, 15) is 4.79 Å². The van der Waals surface area contributed by atoms with Crippen molar-refractivity contribution >= 4 is 23.2 Å². The van der Waals surface area contributed by atoms with Gasteiger partial charge in [0, 0.05) is 23.6 Å². The maximum Gasteiger partial charge on any atom is 0.222 e. The summed E-state index contributed by atoms with van der Waals surface area (Å²) in [7, 11) is 0. The standard InChI is InChI=1S/C19H28ClN2O/c1-2-5-19(23)21-12-14-22(15-13-21,17-6-3-4-7-17)18-10-8-16(20)9-11-18/h8-11,17H,2-7,12-15H2,1H3/q+1. The molecule has 126 valence electrons. The Kier molecular flexibility index (Phi) is 5.27. The van der Waals surface area contributed by atoms with Gasteiger partial charge in [0.2, 0.25) is 5.91 Å². The summed E-state index contributed by atoms with van der Waals surface area (Å²) < 4.78 is 1.05. The monoisotopic (exact) mass is 335 g/mol. The number of hydrogen-bond acceptors (Lipinski definition) is 1. The molecule has 0 N–H and O–H groups in total. The Bertz CT molecular complexity index is 529. The molecule has 0 aromatic heterocycles. The summed E-state index contributed by atoms with van der Waals surface area (Å²) in [6.07, 6.45) is 6.93. The van der Waals surface area contributed by atoms with Crippen LogP contribution in [0.25, 0.3) is 0 Å². The van der Waals surface area contributed by atoms with Gasteiger partial charge in [-0.15, -0.1) is 0 Å². The van der Waals surface area contributed by atoms with E-state index >= 15 is 0 Å². The Hall–Kier alpha value is -1.06. The number of carbonyl (C=O) groups excluding carboxylic acids is 1. The van der Waals surface area contributed by atoms with Crippen LogP contribution in [0.5, 0.6) is 0 Å². The van der Waals surface area contributed by atoms with E-state index < -0.39 is 0 Å². The minimum atomic E-state index is 0.327. The molecule has 1 amide bonds. The molecule has 1 saturated carbocycles. The molecule has 2 fully saturated rings. The van der Waals surface area contributed by atoms with Crippen molar-refractivity contribution in [2.24, 2.45) is 0 Å². The van der Waals surface area contributed by atoms with Gasteiger partial charge in [0.05, 0.1) is 19.1 Å². The van der Waals surface area contributed by atoms with Gasteiger partial charge < -0.3 is 4.90 Å². The van der Waals surface area contributed by atoms with Gasteiger partial charge in [-0.1, -0.05) is 18.5 Å². The lowest BCUT2D eigenvalue weighted by Crippen LogP contribution is -2.65. The topological polar surface area (TPSA) is 20.3 Å². The Morgan fingerprint density at radius 2 is 1.78 bits per heavy atom. The van der Waals surface area contributed by atoms with Crippen LogP contribution in [0.3, 0.4) is 0 Å². The van der Waals surface area contributed by atoms with Crippen LogP contribution in [0.4, 0.5) is 5.69 Å². The molecule has 1 aliphatic heterocycles. The molecule has 23 heavy (non-hydrogen) atoms. The van der Waals surface area contributed by atoms with Gasteiger partial charge >= 0.3 is 0 Å². The molecule has 1 saturated heterocycles. The Balaban J connectivity index is 1.81. The molecule has 0 spiro atoms. The molecule has 1 heterocycles. The summed E-state index contributed by atoms with van der Waals surface area (Å²) in [6.45, 7) is 5.94. The first-order valence-corrected chi connectivity index (χ1v) is 9.44. The quantitative estimate of drug-likeness (QED) is 0.754. The number of rotatable bonds is 4. The summed E-state index contributed by atoms with van der Waals surface area (Å²) in [5.74, 6) is 0.327. The number of nitrogens with zero attached hydrogens (tertiary/aromatic N) is 2. The number of piperazine rings is 1. The Morgan fingerprint density at radius 1 is 1.17 bits per heavy atom. The van der Waals surface area contributed by atoms with Gasteiger partial charge in [-0.2, -0.15) is 0 Å². The van der Waals surface area contributed by atoms with Crippen LogP contribution < -0.4 is 4.48 Å². The van der Waals surface area contributed by atoms with Gasteiger partial charge in [0.25, 0.3) is 0 Å². The SMILES string of the molecule is CCCC(=O)N1CC[N+](c2ccc(Cl)cc2)(C2CCCC2)CC1. The van der Waals surface area contributed by atoms with Gasteiger partial charge in [0.15, 0.2) is 0 Å². The maximum atomic E-state index is 12.2. The van der Waals surface area contributed by atoms with Crippen LogP contribution in [0.15, 0.2) is 24.3 Å². The number of amides is 1. The maximum absolute atomic E-state index is 12.2. The molecule has 3 nitrogen and oxygen atoms in total. The van der Waals surface area contributed by atoms with E-state index in [0.29, 0.717) is 18.4 Å². The predicted octanol–water partition coefficient (Wildman–Crippen LogP) is 4.23. The molecule has 0 atom stereocenters. The van der Waals surface area contributed by atoms with E-state index in [0.717, 1.165) is 42.1 Å². The van der Waals surface area contributed by atoms with Crippen LogP contribution in [-0.4, -0.2) is 43.0 Å². The van der Waals surface area contributed by atoms with Crippen molar-refractivity contribution in [1.29, 1.82) is 0 Å². The molecule has 1 aromatic carbocycles. The van der Waals surface area contributed by atoms with Gasteiger partial charge in [-0.05, 0) is 44.2 Å². The van der Waals surface area contributed by atoms with Crippen molar-refractivity contribution in [3.05, 3.63) is 29.3 Å². The molecule has 1 aromatic rings. The largest absolute Gasteiger partial charge is 0.331 e. The highest BCUT2D eigenvalue weighted by molar-refractivity contribution is 6.30. The summed E-state index contributed by atoms with van der Waals surface area (Å²) in [5.41, 5.74) is 1.38. The second-order valence-corrected chi connectivity index (χ2v) is 7.46. The van der Waals surface area contributed by atoms with E-state index in [1.54, 1.807) is 0 Å². The summed E-state index contributed by atoms with van der Waals surface area (Å²) in [6, 6.07) is 9.13. The number of carbonyl (C=O) groups is 1. The fourth-order valence-electron chi connectivity index (χ4n) is 4.41. The average molecular weight is 336 g/mol. The third-order valence-electron chi connectivity index (χ3n) is 5.72. The molecule has 0 radical (unpaired) electrons. The highest BCUT2D eigenvalue weighted by atomic mass is 35.5. The lowest BCUT2D eigenvalue weighted by atomic mass is 10.0. The van der Waals surface area contributed by atoms with E-state index in [2.05, 4.69) is 24.0 Å². The molecule has 3 rings (SSSR count). The molecule has 0 bridgehead atoms. The van der Waals surface area contributed by atoms with E-state index in [4.69, 9.17) is 11.6 Å². The zero-order chi connectivity index (χ0) is 16.3. The van der Waals surface area contributed by atoms with Crippen LogP contribution in [0.1, 0.15) is 45.4 Å². The van der Waals surface area contributed by atoms with Crippen molar-refractivity contribution in [1.82, 2.24) is 9.38 Å². The third-order valence-corrected chi connectivity index (χ3v) is 5.97. The summed E-state index contributed by atoms with van der Waals surface area (Å²) in [5, 5.41) is 0.801. The molecular formula is C19H28ClN2O+. The zero-order valence-corrected chi connectivity index (χ0v) is 14.9. The second kappa shape index (κ2) is 7.23. The van der Waals surface area contributed by atoms with Crippen molar-refractivity contribution < 1.29 is 4.79 Å². The third kappa shape index (κ3) is 3.41. The Labute approximate surface area is 144 Å². The highest BCUT2D eigenvalue weighted by Crippen LogP contribution is 2.37. The van der Waals surface area contributed by atoms with Gasteiger partial charge in [-0.25, -0.2) is 0 Å². The lowest BCUT2D eigenvalue weighted by molar-refractivity contribution is -0.133. The van der Waals surface area contributed by atoms with E-state index in [1.807, 2.05) is 12.1 Å². The summed E-state index contributed by atoms with van der Waals surface area (Å²) in [4.78, 5) is 14.3. The fourth-order valence-corrected chi connectivity index (χ4v) is 4.54. The van der Waals surface area contributed by atoms with Crippen LogP contribution >= 0.6 is 11.6 Å². The van der Waals surface area contributed by atoms with Crippen LogP contribution in [-0.2, 0) is 4.79 Å². The summed E-state index contributed by atoms with van der Waals surface area (Å²) >= 11 is 6.10. The number of halogens is 1. The molecular weight excluding hydrogens is 308 g/mol. The first-order chi connectivity index (χ1) is 11.2. The predicted molar refractivity (Wildman–Crippen MR) is 96.7 cm³/mol. The van der Waals surface area contributed by atoms with Crippen LogP contribution in [0, 0.1) is 0 Å².